The zero-order valence-corrected chi connectivity index (χ0v) is 11.1. The van der Waals surface area contributed by atoms with Gasteiger partial charge >= 0.3 is 0 Å². The van der Waals surface area contributed by atoms with Crippen LogP contribution in [-0.4, -0.2) is 12.7 Å². The molecule has 0 unspecified atom stereocenters. The minimum absolute atomic E-state index is 0.176. The Hall–Kier alpha value is -1.28. The highest BCUT2D eigenvalue weighted by Crippen LogP contribution is 2.46. The van der Waals surface area contributed by atoms with Crippen molar-refractivity contribution in [3.05, 3.63) is 41.5 Å². The third-order valence-electron chi connectivity index (χ3n) is 4.14. The Morgan fingerprint density at radius 2 is 2.17 bits per heavy atom. The van der Waals surface area contributed by atoms with Gasteiger partial charge in [-0.3, -0.25) is 0 Å². The molecule has 1 fully saturated rings. The summed E-state index contributed by atoms with van der Waals surface area (Å²) in [5.41, 5.74) is 2.53. The van der Waals surface area contributed by atoms with Gasteiger partial charge in [0, 0.05) is 18.1 Å². The van der Waals surface area contributed by atoms with Crippen LogP contribution in [0.2, 0.25) is 0 Å². The molecule has 0 amide bonds. The fraction of sp³-hybridized carbons (Fsp3) is 0.500. The van der Waals surface area contributed by atoms with Crippen molar-refractivity contribution in [2.75, 3.05) is 6.61 Å². The summed E-state index contributed by atoms with van der Waals surface area (Å²) in [6.45, 7) is 5.11. The lowest BCUT2D eigenvalue weighted by Gasteiger charge is -2.42. The molecule has 3 rings (SSSR count). The highest BCUT2D eigenvalue weighted by molar-refractivity contribution is 5.39. The van der Waals surface area contributed by atoms with E-state index in [1.54, 1.807) is 0 Å². The Bertz CT molecular complexity index is 464. The standard InChI is InChI=1S/C16H20O2/c1-3-11(2)15-13-8-6-10-17-16(13)12-7-4-5-9-14(12)18-15/h3-5,7,9,13,15-16H,6,8,10H2,1-2H3/b11-3+/t13-,15-,16-/m1/s1. The smallest absolute Gasteiger partial charge is 0.126 e. The number of ether oxygens (including phenoxy) is 2. The van der Waals surface area contributed by atoms with Gasteiger partial charge in [0.25, 0.3) is 0 Å². The first kappa shape index (κ1) is 11.8. The van der Waals surface area contributed by atoms with Crippen LogP contribution in [0, 0.1) is 5.92 Å². The lowest BCUT2D eigenvalue weighted by molar-refractivity contribution is -0.0747. The van der Waals surface area contributed by atoms with Crippen molar-refractivity contribution in [1.82, 2.24) is 0 Å². The molecule has 2 aliphatic rings. The molecular formula is C16H20O2. The number of benzene rings is 1. The van der Waals surface area contributed by atoms with Crippen LogP contribution in [0.5, 0.6) is 5.75 Å². The molecule has 1 aromatic carbocycles. The number of allylic oxidation sites excluding steroid dienone is 1. The fourth-order valence-corrected chi connectivity index (χ4v) is 3.08. The molecule has 1 aromatic rings. The molecule has 0 saturated carbocycles. The minimum atomic E-state index is 0.176. The SMILES string of the molecule is C/C=C(\C)[C@H]1Oc2ccccc2[C@H]2OCCC[C@H]12. The molecule has 3 atom stereocenters. The molecule has 2 heterocycles. The lowest BCUT2D eigenvalue weighted by atomic mass is 9.80. The first-order valence-corrected chi connectivity index (χ1v) is 6.81. The largest absolute Gasteiger partial charge is 0.485 e. The highest BCUT2D eigenvalue weighted by Gasteiger charge is 2.40. The van der Waals surface area contributed by atoms with Gasteiger partial charge in [-0.1, -0.05) is 24.3 Å². The maximum atomic E-state index is 6.21. The molecule has 2 heteroatoms. The molecule has 0 aromatic heterocycles. The van der Waals surface area contributed by atoms with Crippen LogP contribution >= 0.6 is 0 Å². The van der Waals surface area contributed by atoms with Gasteiger partial charge in [-0.25, -0.2) is 0 Å². The van der Waals surface area contributed by atoms with Gasteiger partial charge in [-0.15, -0.1) is 0 Å². The maximum absolute atomic E-state index is 6.21. The monoisotopic (exact) mass is 244 g/mol. The van der Waals surface area contributed by atoms with Gasteiger partial charge in [0.2, 0.25) is 0 Å². The van der Waals surface area contributed by atoms with Crippen molar-refractivity contribution >= 4 is 0 Å². The Labute approximate surface area is 109 Å². The molecule has 2 aliphatic heterocycles. The predicted molar refractivity (Wildman–Crippen MR) is 71.7 cm³/mol. The van der Waals surface area contributed by atoms with Crippen molar-refractivity contribution in [3.63, 3.8) is 0 Å². The van der Waals surface area contributed by atoms with Gasteiger partial charge in [-0.2, -0.15) is 0 Å². The third kappa shape index (κ3) is 1.85. The van der Waals surface area contributed by atoms with Crippen LogP contribution in [0.4, 0.5) is 0 Å². The van der Waals surface area contributed by atoms with E-state index in [1.165, 1.54) is 17.6 Å². The van der Waals surface area contributed by atoms with E-state index in [-0.39, 0.29) is 12.2 Å². The summed E-state index contributed by atoms with van der Waals surface area (Å²) in [6.07, 6.45) is 4.87. The van der Waals surface area contributed by atoms with E-state index in [1.807, 2.05) is 6.07 Å². The summed E-state index contributed by atoms with van der Waals surface area (Å²) < 4.78 is 12.2. The Morgan fingerprint density at radius 3 is 3.00 bits per heavy atom. The summed E-state index contributed by atoms with van der Waals surface area (Å²) in [4.78, 5) is 0. The molecule has 96 valence electrons. The quantitative estimate of drug-likeness (QED) is 0.698. The van der Waals surface area contributed by atoms with Crippen LogP contribution in [0.15, 0.2) is 35.9 Å². The van der Waals surface area contributed by atoms with Gasteiger partial charge in [0.1, 0.15) is 11.9 Å². The first-order valence-electron chi connectivity index (χ1n) is 6.81. The summed E-state index contributed by atoms with van der Waals surface area (Å²) in [7, 11) is 0. The van der Waals surface area contributed by atoms with Crippen molar-refractivity contribution in [1.29, 1.82) is 0 Å². The summed E-state index contributed by atoms with van der Waals surface area (Å²) in [5, 5.41) is 0. The summed E-state index contributed by atoms with van der Waals surface area (Å²) >= 11 is 0. The van der Waals surface area contributed by atoms with Crippen molar-refractivity contribution in [2.24, 2.45) is 5.92 Å². The molecular weight excluding hydrogens is 224 g/mol. The number of hydrogen-bond acceptors (Lipinski definition) is 2. The molecule has 2 nitrogen and oxygen atoms in total. The second-order valence-corrected chi connectivity index (χ2v) is 5.21. The van der Waals surface area contributed by atoms with Gasteiger partial charge in [-0.05, 0) is 38.3 Å². The van der Waals surface area contributed by atoms with Crippen molar-refractivity contribution in [3.8, 4) is 5.75 Å². The normalized spacial score (nSPS) is 31.2. The van der Waals surface area contributed by atoms with E-state index in [9.17, 15) is 0 Å². The van der Waals surface area contributed by atoms with Crippen LogP contribution in [0.1, 0.15) is 38.4 Å². The van der Waals surface area contributed by atoms with Crippen LogP contribution in [0.3, 0.4) is 0 Å². The highest BCUT2D eigenvalue weighted by atomic mass is 16.5. The van der Waals surface area contributed by atoms with E-state index in [2.05, 4.69) is 38.1 Å². The van der Waals surface area contributed by atoms with E-state index in [0.29, 0.717) is 5.92 Å². The zero-order valence-electron chi connectivity index (χ0n) is 11.1. The number of rotatable bonds is 1. The van der Waals surface area contributed by atoms with Crippen molar-refractivity contribution < 1.29 is 9.47 Å². The molecule has 18 heavy (non-hydrogen) atoms. The Balaban J connectivity index is 2.02. The molecule has 0 radical (unpaired) electrons. The third-order valence-corrected chi connectivity index (χ3v) is 4.14. The summed E-state index contributed by atoms with van der Waals surface area (Å²) in [6, 6.07) is 8.29. The van der Waals surface area contributed by atoms with E-state index >= 15 is 0 Å². The van der Waals surface area contributed by atoms with Gasteiger partial charge in [0.15, 0.2) is 0 Å². The average Bonchev–Trinajstić information content (AvgIpc) is 2.45. The van der Waals surface area contributed by atoms with E-state index < -0.39 is 0 Å². The second-order valence-electron chi connectivity index (χ2n) is 5.21. The van der Waals surface area contributed by atoms with Gasteiger partial charge in [0.05, 0.1) is 6.10 Å². The average molecular weight is 244 g/mol. The molecule has 0 aliphatic carbocycles. The fourth-order valence-electron chi connectivity index (χ4n) is 3.08. The predicted octanol–water partition coefficient (Wildman–Crippen LogP) is 3.88. The van der Waals surface area contributed by atoms with Crippen LogP contribution in [-0.2, 0) is 4.74 Å². The lowest BCUT2D eigenvalue weighted by Crippen LogP contribution is -2.40. The topological polar surface area (TPSA) is 18.5 Å². The van der Waals surface area contributed by atoms with E-state index in [0.717, 1.165) is 18.8 Å². The summed E-state index contributed by atoms with van der Waals surface area (Å²) in [5.74, 6) is 1.46. The second kappa shape index (κ2) is 4.77. The minimum Gasteiger partial charge on any atom is -0.485 e. The molecule has 0 N–H and O–H groups in total. The maximum Gasteiger partial charge on any atom is 0.126 e. The van der Waals surface area contributed by atoms with Crippen molar-refractivity contribution in [2.45, 2.75) is 38.9 Å². The molecule has 1 saturated heterocycles. The number of hydrogen-bond donors (Lipinski definition) is 0. The van der Waals surface area contributed by atoms with Crippen LogP contribution in [0.25, 0.3) is 0 Å². The molecule has 0 spiro atoms. The number of fused-ring (bicyclic) bond motifs is 3. The van der Waals surface area contributed by atoms with Crippen LogP contribution < -0.4 is 4.74 Å². The van der Waals surface area contributed by atoms with Gasteiger partial charge < -0.3 is 9.47 Å². The first-order chi connectivity index (χ1) is 8.81. The Morgan fingerprint density at radius 1 is 1.33 bits per heavy atom. The zero-order chi connectivity index (χ0) is 12.5. The Kier molecular flexibility index (Phi) is 3.13. The number of para-hydroxylation sites is 1. The molecule has 0 bridgehead atoms. The van der Waals surface area contributed by atoms with E-state index in [4.69, 9.17) is 9.47 Å².